The Labute approximate surface area is 185 Å². The Bertz CT molecular complexity index is 584. The number of aryl methyl sites for hydroxylation is 2. The highest BCUT2D eigenvalue weighted by atomic mass is 16.6. The van der Waals surface area contributed by atoms with Gasteiger partial charge in [-0.05, 0) is 37.3 Å². The molecule has 1 aromatic heterocycles. The second kappa shape index (κ2) is 17.0. The van der Waals surface area contributed by atoms with E-state index < -0.39 is 24.2 Å². The number of carbonyl (C=O) groups is 1. The maximum Gasteiger partial charge on any atom is 0.325 e. The summed E-state index contributed by atoms with van der Waals surface area (Å²) < 4.78 is 9.88. The van der Waals surface area contributed by atoms with Gasteiger partial charge in [-0.25, -0.2) is 0 Å². The minimum absolute atomic E-state index is 0.0356. The predicted molar refractivity (Wildman–Crippen MR) is 118 cm³/mol. The number of aliphatic hydroxyl groups excluding tert-OH is 3. The maximum atomic E-state index is 11.9. The van der Waals surface area contributed by atoms with Crippen molar-refractivity contribution in [1.82, 2.24) is 4.98 Å². The molecule has 3 unspecified atom stereocenters. The van der Waals surface area contributed by atoms with E-state index in [1.807, 2.05) is 12.1 Å². The molecule has 0 spiro atoms. The fourth-order valence-corrected chi connectivity index (χ4v) is 3.17. The van der Waals surface area contributed by atoms with Crippen molar-refractivity contribution < 1.29 is 29.6 Å². The van der Waals surface area contributed by atoms with Gasteiger partial charge in [0.05, 0.1) is 25.9 Å². The molecule has 0 aliphatic carbocycles. The lowest BCUT2D eigenvalue weighted by atomic mass is 9.99. The van der Waals surface area contributed by atoms with Gasteiger partial charge < -0.3 is 30.5 Å². The van der Waals surface area contributed by atoms with Crippen molar-refractivity contribution in [1.29, 1.82) is 0 Å². The molecule has 1 aromatic rings. The number of hydrogen-bond acceptors (Lipinski definition) is 8. The van der Waals surface area contributed by atoms with Gasteiger partial charge in [-0.15, -0.1) is 0 Å². The van der Waals surface area contributed by atoms with Gasteiger partial charge in [-0.2, -0.15) is 0 Å². The van der Waals surface area contributed by atoms with Crippen LogP contribution in [0.2, 0.25) is 0 Å². The highest BCUT2D eigenvalue weighted by Crippen LogP contribution is 2.12. The molecule has 8 heteroatoms. The number of aromatic nitrogens is 1. The molecule has 0 aliphatic heterocycles. The lowest BCUT2D eigenvalue weighted by Crippen LogP contribution is -2.49. The first-order valence-corrected chi connectivity index (χ1v) is 11.4. The van der Waals surface area contributed by atoms with Crippen LogP contribution in [0.4, 0.5) is 0 Å². The number of unbranched alkanes of at least 4 members (excludes halogenated alkanes) is 5. The Morgan fingerprint density at radius 2 is 1.81 bits per heavy atom. The van der Waals surface area contributed by atoms with E-state index in [9.17, 15) is 15.0 Å². The molecule has 1 heterocycles. The lowest BCUT2D eigenvalue weighted by Gasteiger charge is -2.22. The minimum Gasteiger partial charge on any atom is -0.462 e. The summed E-state index contributed by atoms with van der Waals surface area (Å²) in [7, 11) is 0. The highest BCUT2D eigenvalue weighted by Gasteiger charge is 2.29. The molecule has 0 aliphatic rings. The third kappa shape index (κ3) is 12.1. The topological polar surface area (TPSA) is 135 Å². The zero-order valence-electron chi connectivity index (χ0n) is 18.7. The summed E-state index contributed by atoms with van der Waals surface area (Å²) in [4.78, 5) is 16.3. The van der Waals surface area contributed by atoms with Crippen LogP contribution in [0.25, 0.3) is 0 Å². The standard InChI is InChI=1S/C23H40N2O6/c1-2-3-4-5-6-7-8-19-11-9-18(17-25-19)10-12-20(27)22(28)21(24)23(29)31-16-15-30-14-13-26/h9,11,17,20-22,26-28H,2-8,10,12-16,24H2,1H3. The Balaban J connectivity index is 2.28. The van der Waals surface area contributed by atoms with Crippen LogP contribution in [0.15, 0.2) is 18.3 Å². The summed E-state index contributed by atoms with van der Waals surface area (Å²) in [5.74, 6) is -0.806. The third-order valence-electron chi connectivity index (χ3n) is 5.14. The molecular weight excluding hydrogens is 400 g/mol. The zero-order valence-corrected chi connectivity index (χ0v) is 18.7. The molecule has 31 heavy (non-hydrogen) atoms. The van der Waals surface area contributed by atoms with Gasteiger partial charge in [0.15, 0.2) is 0 Å². The normalized spacial score (nSPS) is 14.2. The molecule has 1 rings (SSSR count). The van der Waals surface area contributed by atoms with E-state index in [1.165, 1.54) is 32.1 Å². The Morgan fingerprint density at radius 1 is 1.06 bits per heavy atom. The number of carbonyl (C=O) groups excluding carboxylic acids is 1. The average molecular weight is 441 g/mol. The van der Waals surface area contributed by atoms with Crippen LogP contribution in [0.1, 0.15) is 63.1 Å². The largest absolute Gasteiger partial charge is 0.462 e. The first-order valence-electron chi connectivity index (χ1n) is 11.4. The summed E-state index contributed by atoms with van der Waals surface area (Å²) in [5.41, 5.74) is 7.71. The number of aliphatic hydroxyl groups is 3. The van der Waals surface area contributed by atoms with E-state index in [-0.39, 0.29) is 32.8 Å². The quantitative estimate of drug-likeness (QED) is 0.199. The van der Waals surface area contributed by atoms with Crippen LogP contribution >= 0.6 is 0 Å². The zero-order chi connectivity index (χ0) is 22.9. The molecule has 0 saturated carbocycles. The number of nitrogens with zero attached hydrogens (tertiary/aromatic N) is 1. The van der Waals surface area contributed by atoms with Gasteiger partial charge in [0.1, 0.15) is 18.8 Å². The number of rotatable bonds is 18. The number of ether oxygens (including phenoxy) is 2. The smallest absolute Gasteiger partial charge is 0.325 e. The maximum absolute atomic E-state index is 11.9. The van der Waals surface area contributed by atoms with Gasteiger partial charge in [0, 0.05) is 11.9 Å². The Hall–Kier alpha value is -1.58. The molecule has 0 aromatic carbocycles. The number of pyridine rings is 1. The summed E-state index contributed by atoms with van der Waals surface area (Å²) in [6, 6.07) is 2.65. The number of hydrogen-bond donors (Lipinski definition) is 4. The van der Waals surface area contributed by atoms with Crippen LogP contribution in [-0.4, -0.2) is 71.0 Å². The molecule has 3 atom stereocenters. The average Bonchev–Trinajstić information content (AvgIpc) is 2.79. The van der Waals surface area contributed by atoms with Crippen LogP contribution in [0.5, 0.6) is 0 Å². The highest BCUT2D eigenvalue weighted by molar-refractivity contribution is 5.76. The van der Waals surface area contributed by atoms with Crippen molar-refractivity contribution in [2.45, 2.75) is 83.0 Å². The summed E-state index contributed by atoms with van der Waals surface area (Å²) in [5, 5.41) is 28.9. The Morgan fingerprint density at radius 3 is 2.48 bits per heavy atom. The molecule has 5 N–H and O–H groups in total. The van der Waals surface area contributed by atoms with Gasteiger partial charge in [0.2, 0.25) is 0 Å². The minimum atomic E-state index is -1.43. The lowest BCUT2D eigenvalue weighted by molar-refractivity contribution is -0.151. The van der Waals surface area contributed by atoms with Crippen molar-refractivity contribution in [3.8, 4) is 0 Å². The third-order valence-corrected chi connectivity index (χ3v) is 5.14. The van der Waals surface area contributed by atoms with Crippen molar-refractivity contribution in [2.24, 2.45) is 5.73 Å². The monoisotopic (exact) mass is 440 g/mol. The first kappa shape index (κ1) is 27.5. The first-order chi connectivity index (χ1) is 15.0. The molecular formula is C23H40N2O6. The van der Waals surface area contributed by atoms with E-state index in [4.69, 9.17) is 20.3 Å². The van der Waals surface area contributed by atoms with Crippen LogP contribution in [0, 0.1) is 0 Å². The van der Waals surface area contributed by atoms with E-state index in [0.29, 0.717) is 6.42 Å². The second-order valence-electron chi connectivity index (χ2n) is 7.80. The van der Waals surface area contributed by atoms with Crippen molar-refractivity contribution in [2.75, 3.05) is 26.4 Å². The van der Waals surface area contributed by atoms with E-state index in [1.54, 1.807) is 6.20 Å². The van der Waals surface area contributed by atoms with Gasteiger partial charge in [-0.1, -0.05) is 45.1 Å². The molecule has 0 amide bonds. The summed E-state index contributed by atoms with van der Waals surface area (Å²) >= 11 is 0. The van der Waals surface area contributed by atoms with Crippen molar-refractivity contribution in [3.05, 3.63) is 29.6 Å². The molecule has 0 radical (unpaired) electrons. The second-order valence-corrected chi connectivity index (χ2v) is 7.80. The molecule has 0 fully saturated rings. The Kier molecular flexibility index (Phi) is 15.1. The molecule has 0 saturated heterocycles. The van der Waals surface area contributed by atoms with E-state index >= 15 is 0 Å². The fourth-order valence-electron chi connectivity index (χ4n) is 3.17. The van der Waals surface area contributed by atoms with Crippen LogP contribution < -0.4 is 5.73 Å². The number of nitrogens with two attached hydrogens (primary N) is 1. The predicted octanol–water partition coefficient (Wildman–Crippen LogP) is 1.52. The van der Waals surface area contributed by atoms with E-state index in [0.717, 1.165) is 24.1 Å². The van der Waals surface area contributed by atoms with Crippen LogP contribution in [-0.2, 0) is 27.1 Å². The van der Waals surface area contributed by atoms with Crippen molar-refractivity contribution >= 4 is 5.97 Å². The fraction of sp³-hybridized carbons (Fsp3) is 0.739. The summed E-state index contributed by atoms with van der Waals surface area (Å²) in [6.07, 6.45) is 8.46. The van der Waals surface area contributed by atoms with Crippen LogP contribution in [0.3, 0.4) is 0 Å². The van der Waals surface area contributed by atoms with Crippen molar-refractivity contribution in [3.63, 3.8) is 0 Å². The molecule has 178 valence electrons. The molecule has 0 bridgehead atoms. The van der Waals surface area contributed by atoms with Gasteiger partial charge in [0.25, 0.3) is 0 Å². The SMILES string of the molecule is CCCCCCCCc1ccc(CCC(O)C(O)C(N)C(=O)OCCOCCO)cn1. The number of esters is 1. The van der Waals surface area contributed by atoms with Gasteiger partial charge in [-0.3, -0.25) is 9.78 Å². The summed E-state index contributed by atoms with van der Waals surface area (Å²) in [6.45, 7) is 2.34. The van der Waals surface area contributed by atoms with E-state index in [2.05, 4.69) is 11.9 Å². The van der Waals surface area contributed by atoms with Gasteiger partial charge >= 0.3 is 5.97 Å². The molecule has 8 nitrogen and oxygen atoms in total.